The summed E-state index contributed by atoms with van der Waals surface area (Å²) in [6.45, 7) is 1.76. The molecule has 0 radical (unpaired) electrons. The molecule has 0 aliphatic heterocycles. The minimum atomic E-state index is -4.05. The lowest BCUT2D eigenvalue weighted by Gasteiger charge is -2.02. The molecule has 0 saturated carbocycles. The maximum atomic E-state index is 11.7. The van der Waals surface area contributed by atoms with Gasteiger partial charge >= 0.3 is 5.97 Å². The third-order valence-corrected chi connectivity index (χ3v) is 4.55. The van der Waals surface area contributed by atoms with Crippen LogP contribution in [0.3, 0.4) is 0 Å². The summed E-state index contributed by atoms with van der Waals surface area (Å²) in [6, 6.07) is 1.53. The van der Waals surface area contributed by atoms with E-state index >= 15 is 0 Å². The van der Waals surface area contributed by atoms with Gasteiger partial charge in [0, 0.05) is 0 Å². The molecule has 0 saturated heterocycles. The monoisotopic (exact) mass is 308 g/mol. The Bertz CT molecular complexity index is 716. The number of sulfonamides is 1. The molecular weight excluding hydrogens is 300 g/mol. The van der Waals surface area contributed by atoms with Crippen molar-refractivity contribution in [3.63, 3.8) is 0 Å². The van der Waals surface area contributed by atoms with E-state index in [2.05, 4.69) is 4.98 Å². The van der Waals surface area contributed by atoms with Crippen LogP contribution in [-0.2, 0) is 14.8 Å². The van der Waals surface area contributed by atoms with Crippen molar-refractivity contribution in [1.29, 1.82) is 0 Å². The summed E-state index contributed by atoms with van der Waals surface area (Å²) in [5, 5.41) is 5.12. The summed E-state index contributed by atoms with van der Waals surface area (Å²) < 4.78 is 28.6. The van der Waals surface area contributed by atoms with Crippen molar-refractivity contribution in [2.75, 3.05) is 6.61 Å². The van der Waals surface area contributed by atoms with E-state index in [4.69, 9.17) is 21.5 Å². The largest absolute Gasteiger partial charge is 0.461 e. The Morgan fingerprint density at radius 1 is 1.61 bits per heavy atom. The topological polar surface area (TPSA) is 102 Å². The molecule has 9 heteroatoms. The fourth-order valence-corrected chi connectivity index (χ4v) is 3.93. The number of primary sulfonamides is 1. The first-order valence-electron chi connectivity index (χ1n) is 4.85. The molecule has 2 rings (SSSR count). The molecular formula is C9H9ClN2O4S2. The van der Waals surface area contributed by atoms with Crippen molar-refractivity contribution in [3.8, 4) is 0 Å². The molecule has 6 nitrogen and oxygen atoms in total. The van der Waals surface area contributed by atoms with Gasteiger partial charge in [-0.2, -0.15) is 0 Å². The predicted molar refractivity (Wildman–Crippen MR) is 68.5 cm³/mol. The van der Waals surface area contributed by atoms with Gasteiger partial charge in [-0.1, -0.05) is 11.6 Å². The first-order chi connectivity index (χ1) is 8.34. The molecule has 98 valence electrons. The molecule has 0 unspecified atom stereocenters. The molecule has 3 N–H and O–H groups in total. The van der Waals surface area contributed by atoms with Crippen LogP contribution in [0, 0.1) is 0 Å². The number of hydrogen-bond donors (Lipinski definition) is 2. The molecule has 0 aliphatic rings. The SMILES string of the molecule is CCOC(=O)c1[nH]c2cc(Cl)sc2c1S(N)(=O)=O. The molecule has 0 aliphatic carbocycles. The van der Waals surface area contributed by atoms with Crippen LogP contribution >= 0.6 is 22.9 Å². The highest BCUT2D eigenvalue weighted by atomic mass is 35.5. The lowest BCUT2D eigenvalue weighted by atomic mass is 10.4. The Balaban J connectivity index is 2.74. The van der Waals surface area contributed by atoms with Gasteiger partial charge < -0.3 is 9.72 Å². The molecule has 0 atom stereocenters. The minimum absolute atomic E-state index is 0.135. The molecule has 18 heavy (non-hydrogen) atoms. The summed E-state index contributed by atoms with van der Waals surface area (Å²) in [7, 11) is -4.05. The number of aromatic amines is 1. The number of rotatable bonds is 3. The minimum Gasteiger partial charge on any atom is -0.461 e. The number of H-pyrrole nitrogens is 1. The van der Waals surface area contributed by atoms with E-state index in [0.717, 1.165) is 11.3 Å². The quantitative estimate of drug-likeness (QED) is 0.842. The highest BCUT2D eigenvalue weighted by molar-refractivity contribution is 7.89. The zero-order chi connectivity index (χ0) is 13.5. The molecule has 0 fully saturated rings. The maximum Gasteiger partial charge on any atom is 0.356 e. The third-order valence-electron chi connectivity index (χ3n) is 2.16. The first kappa shape index (κ1) is 13.3. The number of hydrogen-bond acceptors (Lipinski definition) is 5. The van der Waals surface area contributed by atoms with Crippen LogP contribution in [0.1, 0.15) is 17.4 Å². The van der Waals surface area contributed by atoms with Crippen LogP contribution in [0.15, 0.2) is 11.0 Å². The summed E-state index contributed by atoms with van der Waals surface area (Å²) in [5.74, 6) is -0.763. The van der Waals surface area contributed by atoms with Crippen molar-refractivity contribution < 1.29 is 17.9 Å². The summed E-state index contributed by atoms with van der Waals surface area (Å²) in [6.07, 6.45) is 0. The lowest BCUT2D eigenvalue weighted by Crippen LogP contribution is -2.17. The number of nitrogens with two attached hydrogens (primary N) is 1. The van der Waals surface area contributed by atoms with Crippen LogP contribution in [0.5, 0.6) is 0 Å². The molecule has 0 spiro atoms. The fraction of sp³-hybridized carbons (Fsp3) is 0.222. The smallest absolute Gasteiger partial charge is 0.356 e. The van der Waals surface area contributed by atoms with Gasteiger partial charge in [0.1, 0.15) is 10.6 Å². The summed E-state index contributed by atoms with van der Waals surface area (Å²) >= 11 is 6.82. The lowest BCUT2D eigenvalue weighted by molar-refractivity contribution is 0.0516. The van der Waals surface area contributed by atoms with Gasteiger partial charge in [-0.15, -0.1) is 11.3 Å². The molecule has 0 amide bonds. The molecule has 2 aromatic heterocycles. The van der Waals surface area contributed by atoms with Crippen LogP contribution in [0.2, 0.25) is 4.34 Å². The second-order valence-electron chi connectivity index (χ2n) is 3.39. The number of esters is 1. The number of ether oxygens (including phenoxy) is 1. The molecule has 2 heterocycles. The average Bonchev–Trinajstić information content (AvgIpc) is 2.71. The van der Waals surface area contributed by atoms with E-state index in [9.17, 15) is 13.2 Å². The van der Waals surface area contributed by atoms with Crippen LogP contribution in [0.4, 0.5) is 0 Å². The highest BCUT2D eigenvalue weighted by Gasteiger charge is 2.27. The number of nitrogens with one attached hydrogen (secondary N) is 1. The van der Waals surface area contributed by atoms with Crippen molar-refractivity contribution in [2.24, 2.45) is 5.14 Å². The van der Waals surface area contributed by atoms with Crippen molar-refractivity contribution >= 4 is 49.1 Å². The standard InChI is InChI=1S/C9H9ClN2O4S2/c1-2-16-9(13)6-8(18(11,14)15)7-4(12-6)3-5(10)17-7/h3,12H,2H2,1H3,(H2,11,14,15). The van der Waals surface area contributed by atoms with Gasteiger partial charge in [-0.3, -0.25) is 0 Å². The average molecular weight is 309 g/mol. The highest BCUT2D eigenvalue weighted by Crippen LogP contribution is 2.35. The number of carbonyl (C=O) groups is 1. The number of fused-ring (bicyclic) bond motifs is 1. The maximum absolute atomic E-state index is 11.7. The van der Waals surface area contributed by atoms with E-state index in [1.165, 1.54) is 6.07 Å². The number of aromatic nitrogens is 1. The van der Waals surface area contributed by atoms with E-state index in [0.29, 0.717) is 14.6 Å². The van der Waals surface area contributed by atoms with E-state index in [-0.39, 0.29) is 17.2 Å². The number of carbonyl (C=O) groups excluding carboxylic acids is 1. The van der Waals surface area contributed by atoms with Crippen LogP contribution in [-0.4, -0.2) is 26.0 Å². The zero-order valence-corrected chi connectivity index (χ0v) is 11.6. The number of thiophene rings is 1. The second-order valence-corrected chi connectivity index (χ2v) is 6.57. The summed E-state index contributed by atoms with van der Waals surface area (Å²) in [4.78, 5) is 14.1. The van der Waals surface area contributed by atoms with Crippen molar-refractivity contribution in [2.45, 2.75) is 11.8 Å². The molecule has 0 bridgehead atoms. The zero-order valence-electron chi connectivity index (χ0n) is 9.19. The second kappa shape index (κ2) is 4.54. The normalized spacial score (nSPS) is 11.9. The van der Waals surface area contributed by atoms with Crippen LogP contribution in [0.25, 0.3) is 10.2 Å². The molecule has 2 aromatic rings. The van der Waals surface area contributed by atoms with Gasteiger partial charge in [0.05, 0.1) is 21.2 Å². The molecule has 0 aromatic carbocycles. The number of halogens is 1. The third kappa shape index (κ3) is 2.24. The van der Waals surface area contributed by atoms with Gasteiger partial charge in [-0.25, -0.2) is 18.4 Å². The van der Waals surface area contributed by atoms with Crippen molar-refractivity contribution in [1.82, 2.24) is 4.98 Å². The van der Waals surface area contributed by atoms with Gasteiger partial charge in [-0.05, 0) is 13.0 Å². The predicted octanol–water partition coefficient (Wildman–Crippen LogP) is 1.71. The Hall–Kier alpha value is -1.09. The fourth-order valence-electron chi connectivity index (χ4n) is 1.55. The Kier molecular flexibility index (Phi) is 3.37. The van der Waals surface area contributed by atoms with Gasteiger partial charge in [0.2, 0.25) is 10.0 Å². The Morgan fingerprint density at radius 2 is 2.28 bits per heavy atom. The summed E-state index contributed by atoms with van der Waals surface area (Å²) in [5.41, 5.74) is 0.273. The van der Waals surface area contributed by atoms with Crippen molar-refractivity contribution in [3.05, 3.63) is 16.1 Å². The van der Waals surface area contributed by atoms with E-state index in [1.54, 1.807) is 6.92 Å². The van der Waals surface area contributed by atoms with E-state index in [1.807, 2.05) is 0 Å². The first-order valence-corrected chi connectivity index (χ1v) is 7.59. The Labute approximate surface area is 112 Å². The van der Waals surface area contributed by atoms with E-state index < -0.39 is 16.0 Å². The van der Waals surface area contributed by atoms with Gasteiger partial charge in [0.15, 0.2) is 0 Å². The van der Waals surface area contributed by atoms with Crippen LogP contribution < -0.4 is 5.14 Å². The van der Waals surface area contributed by atoms with Gasteiger partial charge in [0.25, 0.3) is 0 Å². The Morgan fingerprint density at radius 3 is 2.83 bits per heavy atom.